The van der Waals surface area contributed by atoms with Gasteiger partial charge in [-0.15, -0.1) is 0 Å². The van der Waals surface area contributed by atoms with E-state index in [1.54, 1.807) is 13.4 Å². The van der Waals surface area contributed by atoms with E-state index in [0.29, 0.717) is 0 Å². The average molecular weight is 825 g/mol. The van der Waals surface area contributed by atoms with E-state index in [1.807, 2.05) is 0 Å². The first-order valence-corrected chi connectivity index (χ1v) is 22.0. The Labute approximate surface area is 371 Å². The van der Waals surface area contributed by atoms with Crippen LogP contribution in [0.3, 0.4) is 0 Å². The second-order valence-electron chi connectivity index (χ2n) is 17.4. The van der Waals surface area contributed by atoms with Crippen molar-refractivity contribution >= 4 is 54.4 Å². The Balaban J connectivity index is 0.891. The van der Waals surface area contributed by atoms with Crippen LogP contribution >= 0.6 is 0 Å². The molecule has 12 rings (SSSR count). The van der Waals surface area contributed by atoms with Gasteiger partial charge in [-0.1, -0.05) is 134 Å². The molecule has 1 aliphatic carbocycles. The summed E-state index contributed by atoms with van der Waals surface area (Å²) in [7, 11) is 1.72. The summed E-state index contributed by atoms with van der Waals surface area (Å²) in [6.45, 7) is 2.27. The molecular formula is C59H44N4O. The van der Waals surface area contributed by atoms with E-state index in [0.717, 1.165) is 52.4 Å². The summed E-state index contributed by atoms with van der Waals surface area (Å²) in [5, 5.41) is 7.35. The van der Waals surface area contributed by atoms with E-state index in [9.17, 15) is 0 Å². The van der Waals surface area contributed by atoms with Crippen LogP contribution in [0.15, 0.2) is 207 Å². The third-order valence-corrected chi connectivity index (χ3v) is 13.2. The number of ether oxygens (including phenoxy) is 1. The fraction of sp³-hybridized carbons (Fsp3) is 0.0847. The fourth-order valence-electron chi connectivity index (χ4n) is 10.1. The molecule has 5 nitrogen and oxygen atoms in total. The molecule has 0 fully saturated rings. The number of aromatic nitrogens is 4. The van der Waals surface area contributed by atoms with Crippen molar-refractivity contribution in [2.45, 2.75) is 19.8 Å². The largest absolute Gasteiger partial charge is 0.493 e. The molecule has 0 aliphatic heterocycles. The predicted octanol–water partition coefficient (Wildman–Crippen LogP) is 14.9. The number of hydrogen-bond acceptors (Lipinski definition) is 3. The lowest BCUT2D eigenvalue weighted by Crippen LogP contribution is -2.19. The number of benzene rings is 8. The molecule has 0 spiro atoms. The van der Waals surface area contributed by atoms with Crippen LogP contribution in [0.5, 0.6) is 5.75 Å². The van der Waals surface area contributed by atoms with Gasteiger partial charge in [0, 0.05) is 44.9 Å². The Morgan fingerprint density at radius 1 is 0.500 bits per heavy atom. The average Bonchev–Trinajstić information content (AvgIpc) is 3.86. The Hall–Kier alpha value is -8.02. The van der Waals surface area contributed by atoms with Gasteiger partial charge < -0.3 is 13.9 Å². The van der Waals surface area contributed by atoms with Crippen LogP contribution in [0.1, 0.15) is 19.0 Å². The van der Waals surface area contributed by atoms with Gasteiger partial charge in [-0.05, 0) is 118 Å². The fourth-order valence-corrected chi connectivity index (χ4v) is 10.1. The van der Waals surface area contributed by atoms with Crippen LogP contribution in [0.25, 0.3) is 99.3 Å². The zero-order valence-corrected chi connectivity index (χ0v) is 35.7. The van der Waals surface area contributed by atoms with Crippen molar-refractivity contribution in [3.63, 3.8) is 0 Å². The maximum atomic E-state index is 6.01. The second-order valence-corrected chi connectivity index (χ2v) is 17.4. The highest BCUT2D eigenvalue weighted by Crippen LogP contribution is 2.41. The number of methoxy groups -OCH3 is 1. The van der Waals surface area contributed by atoms with E-state index in [2.05, 4.69) is 216 Å². The van der Waals surface area contributed by atoms with Gasteiger partial charge in [0.1, 0.15) is 12.0 Å². The first kappa shape index (κ1) is 37.7. The highest BCUT2D eigenvalue weighted by atomic mass is 16.5. The Morgan fingerprint density at radius 3 is 1.80 bits per heavy atom. The molecule has 1 aliphatic rings. The highest BCUT2D eigenvalue weighted by Gasteiger charge is 2.26. The lowest BCUT2D eigenvalue weighted by atomic mass is 9.79. The predicted molar refractivity (Wildman–Crippen MR) is 266 cm³/mol. The third-order valence-electron chi connectivity index (χ3n) is 13.2. The smallest absolute Gasteiger partial charge is 0.166 e. The number of fused-ring (bicyclic) bond motifs is 7. The summed E-state index contributed by atoms with van der Waals surface area (Å²) in [4.78, 5) is 9.43. The molecule has 8 aromatic carbocycles. The van der Waals surface area contributed by atoms with E-state index >= 15 is 0 Å². The molecule has 0 bridgehead atoms. The first-order chi connectivity index (χ1) is 31.5. The van der Waals surface area contributed by atoms with Crippen molar-refractivity contribution in [2.75, 3.05) is 7.11 Å². The molecule has 0 radical (unpaired) electrons. The summed E-state index contributed by atoms with van der Waals surface area (Å²) in [5.74, 6) is 0.737. The van der Waals surface area contributed by atoms with Gasteiger partial charge in [0.2, 0.25) is 0 Å². The van der Waals surface area contributed by atoms with Crippen LogP contribution in [-0.4, -0.2) is 26.2 Å². The number of hydrogen-bond donors (Lipinski definition) is 0. The SMILES string of the molecule is COc1c(CC2(C)C=CC=CC2)ncnc1-c1cccc(-c2ccc3cc(-n4c5ccccc5c5cc(-c6ccc7c(c6)c6ccccc6n7-c6ccccc6)ccc54)ccc3c2)c1. The van der Waals surface area contributed by atoms with Gasteiger partial charge in [-0.2, -0.15) is 0 Å². The standard InChI is InChI=1S/C59H44N4O/c1-59(30-11-4-12-31-59)37-52-58(64-2)57(61-38-60-52)45-15-13-14-39(33-45)40-22-23-42-34-47(27-24-41(42)32-40)63-54-21-10-8-19-49(54)51-36-44(26-29-56(51)63)43-25-28-55-50(35-43)48-18-7-9-20-53(48)62(55)46-16-5-3-6-17-46/h3-30,32-36,38H,31,37H2,1-2H3. The van der Waals surface area contributed by atoms with Crippen LogP contribution in [0, 0.1) is 5.41 Å². The minimum absolute atomic E-state index is 0.0182. The van der Waals surface area contributed by atoms with Crippen LogP contribution in [0.2, 0.25) is 0 Å². The molecule has 0 amide bonds. The Bertz CT molecular complexity index is 3690. The van der Waals surface area contributed by atoms with Crippen molar-refractivity contribution < 1.29 is 4.74 Å². The van der Waals surface area contributed by atoms with Crippen molar-refractivity contribution in [3.8, 4) is 50.6 Å². The van der Waals surface area contributed by atoms with Gasteiger partial charge in [-0.25, -0.2) is 9.97 Å². The topological polar surface area (TPSA) is 44.9 Å². The van der Waals surface area contributed by atoms with Crippen LogP contribution in [-0.2, 0) is 6.42 Å². The van der Waals surface area contributed by atoms with Gasteiger partial charge in [0.15, 0.2) is 5.75 Å². The molecular weight excluding hydrogens is 781 g/mol. The van der Waals surface area contributed by atoms with Crippen LogP contribution < -0.4 is 4.74 Å². The number of allylic oxidation sites excluding steroid dienone is 4. The second kappa shape index (κ2) is 15.1. The number of rotatable bonds is 8. The maximum absolute atomic E-state index is 6.01. The molecule has 306 valence electrons. The zero-order chi connectivity index (χ0) is 42.8. The van der Waals surface area contributed by atoms with Crippen molar-refractivity contribution in [1.29, 1.82) is 0 Å². The minimum Gasteiger partial charge on any atom is -0.493 e. The molecule has 11 aromatic rings. The van der Waals surface area contributed by atoms with Gasteiger partial charge in [-0.3, -0.25) is 0 Å². The summed E-state index contributed by atoms with van der Waals surface area (Å²) in [6, 6.07) is 64.2. The lowest BCUT2D eigenvalue weighted by molar-refractivity contribution is 0.379. The minimum atomic E-state index is -0.0182. The molecule has 1 unspecified atom stereocenters. The van der Waals surface area contributed by atoms with Crippen LogP contribution in [0.4, 0.5) is 0 Å². The summed E-state index contributed by atoms with van der Waals surface area (Å²) in [6.07, 6.45) is 12.1. The maximum Gasteiger partial charge on any atom is 0.166 e. The van der Waals surface area contributed by atoms with Gasteiger partial charge >= 0.3 is 0 Å². The highest BCUT2D eigenvalue weighted by molar-refractivity contribution is 6.13. The van der Waals surface area contributed by atoms with E-state index in [1.165, 1.54) is 71.2 Å². The molecule has 64 heavy (non-hydrogen) atoms. The Morgan fingerprint density at radius 2 is 1.09 bits per heavy atom. The molecule has 0 N–H and O–H groups in total. The van der Waals surface area contributed by atoms with Crippen molar-refractivity contribution in [1.82, 2.24) is 19.1 Å². The molecule has 5 heteroatoms. The van der Waals surface area contributed by atoms with Crippen molar-refractivity contribution in [3.05, 3.63) is 212 Å². The molecule has 3 aromatic heterocycles. The normalized spacial score (nSPS) is 15.0. The quantitative estimate of drug-likeness (QED) is 0.153. The summed E-state index contributed by atoms with van der Waals surface area (Å²) >= 11 is 0. The summed E-state index contributed by atoms with van der Waals surface area (Å²) < 4.78 is 10.8. The number of nitrogens with zero attached hydrogens (tertiary/aromatic N) is 4. The molecule has 3 heterocycles. The van der Waals surface area contributed by atoms with E-state index < -0.39 is 0 Å². The van der Waals surface area contributed by atoms with Gasteiger partial charge in [0.05, 0.1) is 34.9 Å². The summed E-state index contributed by atoms with van der Waals surface area (Å²) in [5.41, 5.74) is 14.5. The zero-order valence-electron chi connectivity index (χ0n) is 35.7. The van der Waals surface area contributed by atoms with E-state index in [4.69, 9.17) is 14.7 Å². The number of para-hydroxylation sites is 3. The van der Waals surface area contributed by atoms with Crippen molar-refractivity contribution in [2.24, 2.45) is 5.41 Å². The first-order valence-electron chi connectivity index (χ1n) is 22.0. The third kappa shape index (κ3) is 6.31. The Kier molecular flexibility index (Phi) is 8.90. The lowest BCUT2D eigenvalue weighted by Gasteiger charge is -2.27. The monoisotopic (exact) mass is 824 g/mol. The molecule has 0 saturated heterocycles. The van der Waals surface area contributed by atoms with Gasteiger partial charge in [0.25, 0.3) is 0 Å². The molecule has 1 atom stereocenters. The van der Waals surface area contributed by atoms with E-state index in [-0.39, 0.29) is 5.41 Å². The molecule has 0 saturated carbocycles.